The molecule has 0 radical (unpaired) electrons. The largest absolute Gasteiger partial charge is 0.393 e. The van der Waals surface area contributed by atoms with E-state index in [1.165, 1.54) is 0 Å². The second kappa shape index (κ2) is 9.43. The van der Waals surface area contributed by atoms with Gasteiger partial charge in [-0.2, -0.15) is 18.4 Å². The Kier molecular flexibility index (Phi) is 7.43. The van der Waals surface area contributed by atoms with E-state index in [-0.39, 0.29) is 45.1 Å². The van der Waals surface area contributed by atoms with Crippen LogP contribution in [-0.4, -0.2) is 55.6 Å². The Morgan fingerprint density at radius 3 is 2.67 bits per heavy atom. The molecule has 0 bridgehead atoms. The number of ketones is 1. The van der Waals surface area contributed by atoms with Gasteiger partial charge in [0.15, 0.2) is 0 Å². The second-order valence-corrected chi connectivity index (χ2v) is 7.87. The van der Waals surface area contributed by atoms with Crippen LogP contribution in [0.25, 0.3) is 10.9 Å². The predicted molar refractivity (Wildman–Crippen MR) is 111 cm³/mol. The van der Waals surface area contributed by atoms with E-state index in [1.807, 2.05) is 0 Å². The molecule has 0 N–H and O–H groups in total. The summed E-state index contributed by atoms with van der Waals surface area (Å²) >= 11 is 0. The van der Waals surface area contributed by atoms with Crippen molar-refractivity contribution in [2.24, 2.45) is 11.8 Å². The first-order valence-electron chi connectivity index (χ1n) is 9.45. The molecule has 1 aromatic carbocycles. The van der Waals surface area contributed by atoms with Gasteiger partial charge in [0.2, 0.25) is 0 Å². The van der Waals surface area contributed by atoms with Crippen molar-refractivity contribution < 1.29 is 18.0 Å². The fourth-order valence-corrected chi connectivity index (χ4v) is 4.05. The number of likely N-dealkylation sites (N-methyl/N-ethyl adjacent to an activating group) is 1. The molecule has 1 aliphatic heterocycles. The van der Waals surface area contributed by atoms with Gasteiger partial charge >= 0.3 is 6.18 Å². The third-order valence-corrected chi connectivity index (χ3v) is 5.22. The number of Topliss-reactive ketones (excluding diaryl/α,β-unsaturated/α-hetero) is 1. The van der Waals surface area contributed by atoms with E-state index in [0.717, 1.165) is 0 Å². The lowest BCUT2D eigenvalue weighted by atomic mass is 9.85. The second-order valence-electron chi connectivity index (χ2n) is 7.87. The van der Waals surface area contributed by atoms with Crippen molar-refractivity contribution in [1.29, 1.82) is 5.26 Å². The minimum atomic E-state index is -4.33. The van der Waals surface area contributed by atoms with Crippen LogP contribution in [0.4, 0.5) is 18.9 Å². The lowest BCUT2D eigenvalue weighted by Crippen LogP contribution is -2.46. The molecule has 30 heavy (non-hydrogen) atoms. The van der Waals surface area contributed by atoms with Crippen LogP contribution >= 0.6 is 0 Å². The lowest BCUT2D eigenvalue weighted by Gasteiger charge is -2.40. The van der Waals surface area contributed by atoms with Crippen LogP contribution in [0.15, 0.2) is 30.5 Å². The van der Waals surface area contributed by atoms with Crippen LogP contribution < -0.4 is 4.90 Å². The summed E-state index contributed by atoms with van der Waals surface area (Å²) in [6, 6.07) is 8.82. The third-order valence-electron chi connectivity index (χ3n) is 5.22. The predicted octanol–water partition coefficient (Wildman–Crippen LogP) is 4.27. The Bertz CT molecular complexity index is 936. The maximum atomic E-state index is 13.6. The number of carbonyl (C=O) groups excluding carboxylic acids is 1. The van der Waals surface area contributed by atoms with Gasteiger partial charge in [0, 0.05) is 36.8 Å². The molecule has 1 aromatic heterocycles. The number of alkyl halides is 3. The van der Waals surface area contributed by atoms with Crippen molar-refractivity contribution in [2.75, 3.05) is 38.6 Å². The molecule has 0 saturated carbocycles. The van der Waals surface area contributed by atoms with Crippen LogP contribution in [0.1, 0.15) is 25.8 Å². The Hall–Kier alpha value is -2.66. The first-order valence-corrected chi connectivity index (χ1v) is 9.45. The Balaban J connectivity index is 0.00000320. The highest BCUT2D eigenvalue weighted by Gasteiger charge is 2.45. The molecule has 8 heteroatoms. The maximum Gasteiger partial charge on any atom is 0.393 e. The van der Waals surface area contributed by atoms with E-state index in [1.54, 1.807) is 54.4 Å². The van der Waals surface area contributed by atoms with Crippen molar-refractivity contribution in [3.8, 4) is 6.07 Å². The number of hydrogen-bond donors (Lipinski definition) is 0. The van der Waals surface area contributed by atoms with Gasteiger partial charge in [0.05, 0.1) is 23.5 Å². The van der Waals surface area contributed by atoms with Crippen LogP contribution in [0.2, 0.25) is 0 Å². The average molecular weight is 420 g/mol. The highest BCUT2D eigenvalue weighted by Crippen LogP contribution is 2.39. The zero-order valence-electron chi connectivity index (χ0n) is 16.4. The molecule has 162 valence electrons. The fourth-order valence-electron chi connectivity index (χ4n) is 4.05. The monoisotopic (exact) mass is 420 g/mol. The molecule has 3 rings (SSSR count). The van der Waals surface area contributed by atoms with E-state index in [2.05, 4.69) is 11.1 Å². The number of nitriles is 1. The fraction of sp³-hybridized carbons (Fsp3) is 0.500. The molecular weight excluding hydrogens is 393 g/mol. The van der Waals surface area contributed by atoms with Crippen LogP contribution in [-0.2, 0) is 4.79 Å². The Morgan fingerprint density at radius 2 is 2.03 bits per heavy atom. The van der Waals surface area contributed by atoms with Gasteiger partial charge in [0.25, 0.3) is 0 Å². The molecule has 2 aromatic rings. The normalized spacial score (nSPS) is 19.4. The quantitative estimate of drug-likeness (QED) is 0.723. The number of carbonyl (C=O) groups is 1. The molecule has 0 aliphatic carbocycles. The van der Waals surface area contributed by atoms with Crippen LogP contribution in [0.5, 0.6) is 0 Å². The van der Waals surface area contributed by atoms with Crippen molar-refractivity contribution in [3.05, 3.63) is 36.0 Å². The molecule has 0 amide bonds. The van der Waals surface area contributed by atoms with Crippen molar-refractivity contribution in [1.82, 2.24) is 9.88 Å². The standard InChI is InChI=1S/C21H23F3N4O.CH4/c1-27(2)13-17(29)9-14-8-16(21(22,23)24)12-28(11-14)19-6-5-15(10-25)20-18(19)4-3-7-26-20;/h3-7,14,16H,8-9,11-13H2,1-2H3;1H4. The van der Waals surface area contributed by atoms with Gasteiger partial charge in [-0.05, 0) is 50.7 Å². The number of pyridine rings is 1. The topological polar surface area (TPSA) is 60.2 Å². The van der Waals surface area contributed by atoms with Crippen molar-refractivity contribution >= 4 is 22.4 Å². The lowest BCUT2D eigenvalue weighted by molar-refractivity contribution is -0.179. The number of halogens is 3. The third kappa shape index (κ3) is 5.28. The number of hydrogen-bond acceptors (Lipinski definition) is 5. The van der Waals surface area contributed by atoms with Crippen molar-refractivity contribution in [3.63, 3.8) is 0 Å². The minimum absolute atomic E-state index is 0. The maximum absolute atomic E-state index is 13.6. The van der Waals surface area contributed by atoms with Gasteiger partial charge < -0.3 is 9.80 Å². The minimum Gasteiger partial charge on any atom is -0.370 e. The number of aromatic nitrogens is 1. The first-order chi connectivity index (χ1) is 13.7. The Labute approximate surface area is 175 Å². The van der Waals surface area contributed by atoms with Gasteiger partial charge in [-0.25, -0.2) is 0 Å². The molecule has 0 spiro atoms. The average Bonchev–Trinajstić information content (AvgIpc) is 2.65. The smallest absolute Gasteiger partial charge is 0.370 e. The van der Waals surface area contributed by atoms with E-state index < -0.39 is 12.1 Å². The molecule has 2 heterocycles. The summed E-state index contributed by atoms with van der Waals surface area (Å²) in [5.41, 5.74) is 1.47. The van der Waals surface area contributed by atoms with Crippen LogP contribution in [0, 0.1) is 23.2 Å². The summed E-state index contributed by atoms with van der Waals surface area (Å²) < 4.78 is 40.8. The number of benzene rings is 1. The summed E-state index contributed by atoms with van der Waals surface area (Å²) in [6.45, 7) is 0.413. The molecule has 1 saturated heterocycles. The molecule has 1 fully saturated rings. The van der Waals surface area contributed by atoms with Gasteiger partial charge in [0.1, 0.15) is 11.9 Å². The SMILES string of the molecule is C.CN(C)CC(=O)CC1CC(C(F)(F)F)CN(c2ccc(C#N)c3ncccc23)C1. The summed E-state index contributed by atoms with van der Waals surface area (Å²) in [5, 5.41) is 9.95. The van der Waals surface area contributed by atoms with E-state index in [4.69, 9.17) is 0 Å². The molecule has 5 nitrogen and oxygen atoms in total. The summed E-state index contributed by atoms with van der Waals surface area (Å²) in [7, 11) is 3.53. The zero-order valence-corrected chi connectivity index (χ0v) is 16.4. The molecular formula is C22H27F3N4O. The van der Waals surface area contributed by atoms with E-state index >= 15 is 0 Å². The number of rotatable bonds is 5. The summed E-state index contributed by atoms with van der Waals surface area (Å²) in [4.78, 5) is 19.9. The molecule has 2 atom stereocenters. The number of piperidine rings is 1. The van der Waals surface area contributed by atoms with E-state index in [0.29, 0.717) is 28.7 Å². The van der Waals surface area contributed by atoms with Crippen LogP contribution in [0.3, 0.4) is 0 Å². The van der Waals surface area contributed by atoms with Gasteiger partial charge in [-0.3, -0.25) is 9.78 Å². The van der Waals surface area contributed by atoms with Gasteiger partial charge in [-0.1, -0.05) is 7.43 Å². The zero-order chi connectivity index (χ0) is 21.2. The highest BCUT2D eigenvalue weighted by atomic mass is 19.4. The number of nitrogens with zero attached hydrogens (tertiary/aromatic N) is 4. The van der Waals surface area contributed by atoms with Gasteiger partial charge in [-0.15, -0.1) is 0 Å². The molecule has 1 aliphatic rings. The number of fused-ring (bicyclic) bond motifs is 1. The van der Waals surface area contributed by atoms with Crippen molar-refractivity contribution in [2.45, 2.75) is 26.4 Å². The summed E-state index contributed by atoms with van der Waals surface area (Å²) in [5.74, 6) is -1.95. The molecule has 2 unspecified atom stereocenters. The first kappa shape index (κ1) is 23.6. The Morgan fingerprint density at radius 1 is 1.30 bits per heavy atom. The number of anilines is 1. The summed E-state index contributed by atoms with van der Waals surface area (Å²) in [6.07, 6.45) is -2.70. The highest BCUT2D eigenvalue weighted by molar-refractivity contribution is 5.95. The van der Waals surface area contributed by atoms with E-state index in [9.17, 15) is 23.2 Å².